The van der Waals surface area contributed by atoms with Crippen LogP contribution in [0, 0.1) is 5.92 Å². The molecule has 1 heterocycles. The van der Waals surface area contributed by atoms with Crippen LogP contribution < -0.4 is 0 Å². The van der Waals surface area contributed by atoms with Crippen molar-refractivity contribution in [2.45, 2.75) is 33.6 Å². The van der Waals surface area contributed by atoms with E-state index >= 15 is 0 Å². The zero-order valence-corrected chi connectivity index (χ0v) is 9.15. The van der Waals surface area contributed by atoms with Crippen molar-refractivity contribution < 1.29 is 4.79 Å². The van der Waals surface area contributed by atoms with E-state index in [4.69, 9.17) is 0 Å². The highest BCUT2D eigenvalue weighted by Crippen LogP contribution is 2.17. The Balaban J connectivity index is 2.69. The second-order valence-electron chi connectivity index (χ2n) is 3.49. The molecule has 0 spiro atoms. The van der Waals surface area contributed by atoms with Gasteiger partial charge in [0, 0.05) is 19.0 Å². The second-order valence-corrected chi connectivity index (χ2v) is 4.61. The third-order valence-corrected chi connectivity index (χ3v) is 2.79. The van der Waals surface area contributed by atoms with Gasteiger partial charge in [-0.1, -0.05) is 20.8 Å². The fourth-order valence-corrected chi connectivity index (χ4v) is 2.20. The maximum Gasteiger partial charge on any atom is 0.174 e. The summed E-state index contributed by atoms with van der Waals surface area (Å²) in [6.45, 7) is 6.19. The quantitative estimate of drug-likeness (QED) is 0.695. The molecule has 0 radical (unpaired) electrons. The molecule has 0 aliphatic carbocycles. The van der Waals surface area contributed by atoms with Gasteiger partial charge in [0.25, 0.3) is 0 Å². The van der Waals surface area contributed by atoms with Gasteiger partial charge < -0.3 is 0 Å². The Bertz CT molecular complexity index is 291. The van der Waals surface area contributed by atoms with Crippen LogP contribution in [0.2, 0.25) is 0 Å². The van der Waals surface area contributed by atoms with Gasteiger partial charge in [0.05, 0.1) is 9.88 Å². The minimum absolute atomic E-state index is 0.201. The van der Waals surface area contributed by atoms with Crippen molar-refractivity contribution in [2.75, 3.05) is 0 Å². The van der Waals surface area contributed by atoms with Crippen molar-refractivity contribution in [2.24, 2.45) is 5.92 Å². The average Bonchev–Trinajstić information content (AvgIpc) is 2.50. The fourth-order valence-electron chi connectivity index (χ4n) is 1.06. The van der Waals surface area contributed by atoms with Gasteiger partial charge in [-0.25, -0.2) is 4.98 Å². The van der Waals surface area contributed by atoms with Gasteiger partial charge >= 0.3 is 0 Å². The summed E-state index contributed by atoms with van der Waals surface area (Å²) < 4.78 is 0. The maximum absolute atomic E-state index is 11.3. The molecule has 3 heteroatoms. The van der Waals surface area contributed by atoms with Gasteiger partial charge in [-0.3, -0.25) is 4.79 Å². The van der Waals surface area contributed by atoms with Crippen molar-refractivity contribution in [3.05, 3.63) is 16.1 Å². The van der Waals surface area contributed by atoms with E-state index in [0.717, 1.165) is 16.3 Å². The molecule has 1 aromatic heterocycles. The van der Waals surface area contributed by atoms with Crippen LogP contribution in [0.1, 0.15) is 41.9 Å². The van der Waals surface area contributed by atoms with Crippen molar-refractivity contribution in [3.8, 4) is 0 Å². The number of carbonyl (C=O) groups excluding carboxylic acids is 1. The van der Waals surface area contributed by atoms with Crippen LogP contribution in [0.3, 0.4) is 0 Å². The van der Waals surface area contributed by atoms with E-state index in [2.05, 4.69) is 18.8 Å². The zero-order valence-electron chi connectivity index (χ0n) is 8.33. The first-order chi connectivity index (χ1) is 6.13. The second kappa shape index (κ2) is 4.51. The van der Waals surface area contributed by atoms with Crippen LogP contribution in [0.25, 0.3) is 0 Å². The third-order valence-electron chi connectivity index (χ3n) is 1.73. The third kappa shape index (κ3) is 2.92. The normalized spacial score (nSPS) is 10.8. The first-order valence-electron chi connectivity index (χ1n) is 4.61. The molecule has 0 aromatic carbocycles. The lowest BCUT2D eigenvalue weighted by molar-refractivity contribution is 0.0992. The number of nitrogens with zero attached hydrogens (tertiary/aromatic N) is 1. The first-order valence-corrected chi connectivity index (χ1v) is 5.43. The molecular weight excluding hydrogens is 182 g/mol. The zero-order chi connectivity index (χ0) is 9.84. The Morgan fingerprint density at radius 2 is 2.31 bits per heavy atom. The van der Waals surface area contributed by atoms with Gasteiger partial charge in [-0.15, -0.1) is 11.3 Å². The average molecular weight is 197 g/mol. The van der Waals surface area contributed by atoms with Crippen LogP contribution in [0.4, 0.5) is 0 Å². The summed E-state index contributed by atoms with van der Waals surface area (Å²) in [6.07, 6.45) is 3.25. The number of rotatable bonds is 4. The molecular formula is C10H15NOS. The van der Waals surface area contributed by atoms with Crippen LogP contribution in [0.15, 0.2) is 6.20 Å². The standard InChI is InChI=1S/C10H15NOS/c1-4-8(12)9-6-11-10(13-9)5-7(2)3/h6-7H,4-5H2,1-3H3. The number of aromatic nitrogens is 1. The summed E-state index contributed by atoms with van der Waals surface area (Å²) in [5.74, 6) is 0.809. The van der Waals surface area contributed by atoms with Gasteiger partial charge in [0.2, 0.25) is 0 Å². The number of Topliss-reactive ketones (excluding diaryl/α,β-unsaturated/α-hetero) is 1. The summed E-state index contributed by atoms with van der Waals surface area (Å²) in [4.78, 5) is 16.3. The van der Waals surface area contributed by atoms with E-state index in [-0.39, 0.29) is 5.78 Å². The molecule has 0 aliphatic heterocycles. The fraction of sp³-hybridized carbons (Fsp3) is 0.600. The van der Waals surface area contributed by atoms with Crippen molar-refractivity contribution in [1.29, 1.82) is 0 Å². The predicted molar refractivity (Wildman–Crippen MR) is 55.3 cm³/mol. The van der Waals surface area contributed by atoms with Crippen molar-refractivity contribution >= 4 is 17.1 Å². The summed E-state index contributed by atoms with van der Waals surface area (Å²) in [6, 6.07) is 0. The predicted octanol–water partition coefficient (Wildman–Crippen LogP) is 2.93. The van der Waals surface area contributed by atoms with Crippen LogP contribution >= 0.6 is 11.3 Å². The highest BCUT2D eigenvalue weighted by molar-refractivity contribution is 7.13. The molecule has 0 atom stereocenters. The lowest BCUT2D eigenvalue weighted by Gasteiger charge is -1.97. The molecule has 2 nitrogen and oxygen atoms in total. The number of carbonyl (C=O) groups is 1. The van der Waals surface area contributed by atoms with Crippen LogP contribution in [-0.2, 0) is 6.42 Å². The molecule has 0 saturated carbocycles. The van der Waals surface area contributed by atoms with Crippen LogP contribution in [0.5, 0.6) is 0 Å². The Hall–Kier alpha value is -0.700. The van der Waals surface area contributed by atoms with Gasteiger partial charge in [-0.05, 0) is 5.92 Å². The Morgan fingerprint density at radius 3 is 2.85 bits per heavy atom. The largest absolute Gasteiger partial charge is 0.293 e. The lowest BCUT2D eigenvalue weighted by Crippen LogP contribution is -1.92. The molecule has 72 valence electrons. The molecule has 13 heavy (non-hydrogen) atoms. The van der Waals surface area contributed by atoms with E-state index in [9.17, 15) is 4.79 Å². The number of thiazole rings is 1. The molecule has 0 N–H and O–H groups in total. The topological polar surface area (TPSA) is 30.0 Å². The first kappa shape index (κ1) is 10.4. The van der Waals surface area contributed by atoms with Gasteiger partial charge in [-0.2, -0.15) is 0 Å². The lowest BCUT2D eigenvalue weighted by atomic mass is 10.1. The van der Waals surface area contributed by atoms with E-state index in [0.29, 0.717) is 12.3 Å². The molecule has 0 fully saturated rings. The number of ketones is 1. The number of hydrogen-bond acceptors (Lipinski definition) is 3. The molecule has 0 bridgehead atoms. The van der Waals surface area contributed by atoms with E-state index in [1.807, 2.05) is 6.92 Å². The summed E-state index contributed by atoms with van der Waals surface area (Å²) in [5, 5.41) is 1.08. The molecule has 0 aliphatic rings. The molecule has 0 saturated heterocycles. The number of hydrogen-bond donors (Lipinski definition) is 0. The van der Waals surface area contributed by atoms with Crippen molar-refractivity contribution in [1.82, 2.24) is 4.98 Å². The van der Waals surface area contributed by atoms with Gasteiger partial charge in [0.1, 0.15) is 0 Å². The molecule has 0 amide bonds. The highest BCUT2D eigenvalue weighted by Gasteiger charge is 2.08. The summed E-state index contributed by atoms with van der Waals surface area (Å²) >= 11 is 1.53. The maximum atomic E-state index is 11.3. The van der Waals surface area contributed by atoms with Gasteiger partial charge in [0.15, 0.2) is 5.78 Å². The summed E-state index contributed by atoms with van der Waals surface area (Å²) in [5.41, 5.74) is 0. The Kier molecular flexibility index (Phi) is 3.60. The van der Waals surface area contributed by atoms with E-state index < -0.39 is 0 Å². The van der Waals surface area contributed by atoms with E-state index in [1.165, 1.54) is 11.3 Å². The summed E-state index contributed by atoms with van der Waals surface area (Å²) in [7, 11) is 0. The smallest absolute Gasteiger partial charge is 0.174 e. The minimum atomic E-state index is 0.201. The monoisotopic (exact) mass is 197 g/mol. The molecule has 1 aromatic rings. The highest BCUT2D eigenvalue weighted by atomic mass is 32.1. The van der Waals surface area contributed by atoms with Crippen LogP contribution in [-0.4, -0.2) is 10.8 Å². The SMILES string of the molecule is CCC(=O)c1cnc(CC(C)C)s1. The van der Waals surface area contributed by atoms with Crippen molar-refractivity contribution in [3.63, 3.8) is 0 Å². The molecule has 1 rings (SSSR count). The molecule has 0 unspecified atom stereocenters. The van der Waals surface area contributed by atoms with E-state index in [1.54, 1.807) is 6.20 Å². The minimum Gasteiger partial charge on any atom is -0.293 e. The Morgan fingerprint density at radius 1 is 1.62 bits per heavy atom. The Labute approximate surface area is 83.0 Å².